The van der Waals surface area contributed by atoms with Crippen LogP contribution >= 0.6 is 11.3 Å². The number of fused-ring (bicyclic) bond motifs is 2. The summed E-state index contributed by atoms with van der Waals surface area (Å²) in [6.45, 7) is 4.01. The average molecular weight is 354 g/mol. The van der Waals surface area contributed by atoms with Gasteiger partial charge in [0.15, 0.2) is 11.6 Å². The molecule has 2 aromatic heterocycles. The predicted octanol–water partition coefficient (Wildman–Crippen LogP) is 3.03. The third kappa shape index (κ3) is 2.70. The summed E-state index contributed by atoms with van der Waals surface area (Å²) >= 11 is 1.61. The first-order valence-electron chi connectivity index (χ1n) is 8.31. The molecule has 2 aromatic rings. The summed E-state index contributed by atoms with van der Waals surface area (Å²) in [5, 5.41) is 19.6. The molecule has 25 heavy (non-hydrogen) atoms. The van der Waals surface area contributed by atoms with Crippen molar-refractivity contribution in [3.63, 3.8) is 0 Å². The lowest BCUT2D eigenvalue weighted by atomic mass is 9.89. The third-order valence-corrected chi connectivity index (χ3v) is 5.87. The zero-order valence-electron chi connectivity index (χ0n) is 14.0. The van der Waals surface area contributed by atoms with E-state index >= 15 is 0 Å². The Morgan fingerprint density at radius 3 is 3.04 bits per heavy atom. The van der Waals surface area contributed by atoms with E-state index in [2.05, 4.69) is 38.9 Å². The maximum absolute atomic E-state index is 12.0. The molecule has 0 aromatic carbocycles. The number of nitriles is 1. The molecular formula is C17H18N6OS. The number of aromatic nitrogens is 2. The van der Waals surface area contributed by atoms with Crippen molar-refractivity contribution in [2.45, 2.75) is 39.2 Å². The van der Waals surface area contributed by atoms with E-state index in [1.807, 2.05) is 0 Å². The zero-order valence-corrected chi connectivity index (χ0v) is 14.8. The zero-order chi connectivity index (χ0) is 17.6. The smallest absolute Gasteiger partial charge is 0.246 e. The molecule has 0 saturated heterocycles. The van der Waals surface area contributed by atoms with E-state index in [1.54, 1.807) is 18.3 Å². The van der Waals surface area contributed by atoms with Gasteiger partial charge in [-0.3, -0.25) is 4.79 Å². The van der Waals surface area contributed by atoms with Crippen LogP contribution in [0.1, 0.15) is 36.3 Å². The summed E-state index contributed by atoms with van der Waals surface area (Å²) in [6.07, 6.45) is 4.50. The lowest BCUT2D eigenvalue weighted by Crippen LogP contribution is -2.37. The molecule has 2 aliphatic rings. The molecule has 1 aliphatic heterocycles. The van der Waals surface area contributed by atoms with Crippen LogP contribution in [-0.4, -0.2) is 21.9 Å². The van der Waals surface area contributed by atoms with E-state index in [0.29, 0.717) is 28.8 Å². The first-order valence-corrected chi connectivity index (χ1v) is 9.12. The molecule has 0 saturated carbocycles. The van der Waals surface area contributed by atoms with Gasteiger partial charge in [-0.25, -0.2) is 9.97 Å². The number of thiophene rings is 1. The van der Waals surface area contributed by atoms with Crippen LogP contribution in [0.15, 0.2) is 6.33 Å². The van der Waals surface area contributed by atoms with Crippen LogP contribution in [0.25, 0.3) is 0 Å². The van der Waals surface area contributed by atoms with E-state index in [9.17, 15) is 10.1 Å². The van der Waals surface area contributed by atoms with Gasteiger partial charge in [0.2, 0.25) is 5.91 Å². The number of hydrogen-bond donors (Lipinski definition) is 3. The Morgan fingerprint density at radius 1 is 1.40 bits per heavy atom. The van der Waals surface area contributed by atoms with E-state index in [1.165, 1.54) is 11.2 Å². The standard InChI is InChI=1S/C17H18N6OS/c1-8-3-4-10-11(6-18)17(25-12(10)5-8)23-15-13-14(19-7-20-15)21-9(2)16(24)22-13/h7-9H,3-5H2,1-2H3,(H,22,24)(H2,19,20,21,23). The maximum Gasteiger partial charge on any atom is 0.246 e. The maximum atomic E-state index is 12.0. The highest BCUT2D eigenvalue weighted by molar-refractivity contribution is 7.16. The minimum absolute atomic E-state index is 0.134. The van der Waals surface area contributed by atoms with E-state index in [-0.39, 0.29) is 11.9 Å². The van der Waals surface area contributed by atoms with E-state index in [4.69, 9.17) is 0 Å². The summed E-state index contributed by atoms with van der Waals surface area (Å²) in [5.41, 5.74) is 2.38. The molecular weight excluding hydrogens is 336 g/mol. The number of carbonyl (C=O) groups is 1. The minimum atomic E-state index is -0.347. The van der Waals surface area contributed by atoms with Crippen LogP contribution in [0.4, 0.5) is 22.3 Å². The van der Waals surface area contributed by atoms with Crippen molar-refractivity contribution in [3.05, 3.63) is 22.3 Å². The van der Waals surface area contributed by atoms with Gasteiger partial charge in [-0.1, -0.05) is 6.92 Å². The van der Waals surface area contributed by atoms with Gasteiger partial charge in [-0.05, 0) is 37.7 Å². The fourth-order valence-electron chi connectivity index (χ4n) is 3.27. The number of anilines is 4. The number of hydrogen-bond acceptors (Lipinski definition) is 7. The third-order valence-electron chi connectivity index (χ3n) is 4.70. The second-order valence-electron chi connectivity index (χ2n) is 6.59. The van der Waals surface area contributed by atoms with Crippen molar-refractivity contribution in [1.29, 1.82) is 5.26 Å². The Hall–Kier alpha value is -2.66. The highest BCUT2D eigenvalue weighted by Gasteiger charge is 2.28. The van der Waals surface area contributed by atoms with Crippen molar-refractivity contribution in [3.8, 4) is 6.07 Å². The van der Waals surface area contributed by atoms with E-state index in [0.717, 1.165) is 29.8 Å². The quantitative estimate of drug-likeness (QED) is 0.766. The normalized spacial score (nSPS) is 21.4. The van der Waals surface area contributed by atoms with E-state index < -0.39 is 0 Å². The molecule has 1 amide bonds. The molecule has 1 aliphatic carbocycles. The van der Waals surface area contributed by atoms with Crippen molar-refractivity contribution in [1.82, 2.24) is 9.97 Å². The second-order valence-corrected chi connectivity index (χ2v) is 7.70. The van der Waals surface area contributed by atoms with Crippen LogP contribution in [0.3, 0.4) is 0 Å². The lowest BCUT2D eigenvalue weighted by Gasteiger charge is -2.24. The molecule has 2 atom stereocenters. The number of carbonyl (C=O) groups excluding carboxylic acids is 1. The monoisotopic (exact) mass is 354 g/mol. The van der Waals surface area contributed by atoms with Crippen molar-refractivity contribution in [2.24, 2.45) is 5.92 Å². The molecule has 0 bridgehead atoms. The van der Waals surface area contributed by atoms with Crippen LogP contribution < -0.4 is 16.0 Å². The Balaban J connectivity index is 1.72. The molecule has 2 unspecified atom stereocenters. The van der Waals surface area contributed by atoms with Crippen LogP contribution in [-0.2, 0) is 17.6 Å². The highest BCUT2D eigenvalue weighted by atomic mass is 32.1. The lowest BCUT2D eigenvalue weighted by molar-refractivity contribution is -0.116. The number of amides is 1. The predicted molar refractivity (Wildman–Crippen MR) is 97.3 cm³/mol. The van der Waals surface area contributed by atoms with Gasteiger partial charge in [0.05, 0.1) is 5.56 Å². The Morgan fingerprint density at radius 2 is 2.24 bits per heavy atom. The average Bonchev–Trinajstić information content (AvgIpc) is 2.92. The summed E-state index contributed by atoms with van der Waals surface area (Å²) in [6, 6.07) is 1.99. The van der Waals surface area contributed by atoms with Gasteiger partial charge in [0.1, 0.15) is 29.1 Å². The van der Waals surface area contributed by atoms with Crippen molar-refractivity contribution >= 4 is 39.6 Å². The van der Waals surface area contributed by atoms with Gasteiger partial charge in [-0.15, -0.1) is 11.3 Å². The number of nitrogens with zero attached hydrogens (tertiary/aromatic N) is 3. The summed E-state index contributed by atoms with van der Waals surface area (Å²) in [7, 11) is 0. The van der Waals surface area contributed by atoms with Gasteiger partial charge in [-0.2, -0.15) is 5.26 Å². The minimum Gasteiger partial charge on any atom is -0.357 e. The summed E-state index contributed by atoms with van der Waals surface area (Å²) in [5.74, 6) is 1.59. The summed E-state index contributed by atoms with van der Waals surface area (Å²) in [4.78, 5) is 21.7. The van der Waals surface area contributed by atoms with Gasteiger partial charge < -0.3 is 16.0 Å². The number of nitrogens with one attached hydrogen (secondary N) is 3. The Kier molecular flexibility index (Phi) is 3.81. The number of rotatable bonds is 2. The van der Waals surface area contributed by atoms with Crippen LogP contribution in [0.2, 0.25) is 0 Å². The largest absolute Gasteiger partial charge is 0.357 e. The summed E-state index contributed by atoms with van der Waals surface area (Å²) < 4.78 is 0. The Labute approximate surface area is 149 Å². The van der Waals surface area contributed by atoms with Crippen molar-refractivity contribution < 1.29 is 4.79 Å². The molecule has 8 heteroatoms. The SMILES string of the molecule is CC1CCc2c(sc(Nc3ncnc4c3NC(=O)C(C)N4)c2C#N)C1. The fourth-order valence-corrected chi connectivity index (χ4v) is 4.64. The van der Waals surface area contributed by atoms with Crippen LogP contribution in [0, 0.1) is 17.2 Å². The molecule has 3 heterocycles. The molecule has 0 spiro atoms. The first kappa shape index (κ1) is 15.8. The molecule has 4 rings (SSSR count). The molecule has 7 nitrogen and oxygen atoms in total. The topological polar surface area (TPSA) is 103 Å². The molecule has 3 N–H and O–H groups in total. The second kappa shape index (κ2) is 6.01. The molecule has 128 valence electrons. The van der Waals surface area contributed by atoms with Crippen LogP contribution in [0.5, 0.6) is 0 Å². The first-order chi connectivity index (χ1) is 12.1. The Bertz CT molecular complexity index is 899. The molecule has 0 fully saturated rings. The fraction of sp³-hybridized carbons (Fsp3) is 0.412. The van der Waals surface area contributed by atoms with Crippen molar-refractivity contribution in [2.75, 3.05) is 16.0 Å². The highest BCUT2D eigenvalue weighted by Crippen LogP contribution is 2.41. The van der Waals surface area contributed by atoms with Gasteiger partial charge in [0, 0.05) is 4.88 Å². The molecule has 0 radical (unpaired) electrons. The van der Waals surface area contributed by atoms with Gasteiger partial charge >= 0.3 is 0 Å². The van der Waals surface area contributed by atoms with Gasteiger partial charge in [0.25, 0.3) is 0 Å².